The molecule has 2 unspecified atom stereocenters. The molecular formula is C16H21NO3. The van der Waals surface area contributed by atoms with E-state index in [0.717, 1.165) is 24.8 Å². The van der Waals surface area contributed by atoms with Gasteiger partial charge in [0.2, 0.25) is 5.91 Å². The van der Waals surface area contributed by atoms with Crippen LogP contribution in [-0.4, -0.2) is 34.5 Å². The van der Waals surface area contributed by atoms with Crippen LogP contribution in [0.1, 0.15) is 43.7 Å². The molecule has 4 nitrogen and oxygen atoms in total. The lowest BCUT2D eigenvalue weighted by Gasteiger charge is -2.29. The first-order valence-corrected chi connectivity index (χ1v) is 7.14. The summed E-state index contributed by atoms with van der Waals surface area (Å²) in [6.07, 6.45) is 2.44. The zero-order valence-electron chi connectivity index (χ0n) is 12.0. The lowest BCUT2D eigenvalue weighted by Crippen LogP contribution is -2.43. The Morgan fingerprint density at radius 1 is 1.40 bits per heavy atom. The Kier molecular flexibility index (Phi) is 4.42. The lowest BCUT2D eigenvalue weighted by atomic mass is 9.99. The van der Waals surface area contributed by atoms with Crippen LogP contribution < -0.4 is 0 Å². The van der Waals surface area contributed by atoms with Crippen molar-refractivity contribution in [1.82, 2.24) is 4.90 Å². The van der Waals surface area contributed by atoms with Gasteiger partial charge in [-0.05, 0) is 37.3 Å². The normalized spacial score (nSPS) is 18.4. The Morgan fingerprint density at radius 2 is 2.10 bits per heavy atom. The monoisotopic (exact) mass is 275 g/mol. The summed E-state index contributed by atoms with van der Waals surface area (Å²) in [4.78, 5) is 25.2. The van der Waals surface area contributed by atoms with Crippen LogP contribution in [0.15, 0.2) is 24.3 Å². The predicted molar refractivity (Wildman–Crippen MR) is 76.6 cm³/mol. The quantitative estimate of drug-likeness (QED) is 0.898. The maximum Gasteiger partial charge on any atom is 0.323 e. The molecule has 1 amide bonds. The molecule has 20 heavy (non-hydrogen) atoms. The standard InChI is InChI=1S/C16H21NO3/c1-3-11(2)17(10-15(18)19)16(20)14-9-8-12-6-4-5-7-13(12)14/h4-7,11,14H,3,8-10H2,1-2H3,(H,18,19). The highest BCUT2D eigenvalue weighted by Crippen LogP contribution is 2.34. The van der Waals surface area contributed by atoms with E-state index in [4.69, 9.17) is 5.11 Å². The fraction of sp³-hybridized carbons (Fsp3) is 0.500. The first kappa shape index (κ1) is 14.6. The molecule has 0 fully saturated rings. The van der Waals surface area contributed by atoms with Gasteiger partial charge in [-0.1, -0.05) is 31.2 Å². The number of carboxylic acid groups (broad SMARTS) is 1. The number of fused-ring (bicyclic) bond motifs is 1. The average Bonchev–Trinajstić information content (AvgIpc) is 2.87. The molecular weight excluding hydrogens is 254 g/mol. The van der Waals surface area contributed by atoms with Crippen molar-refractivity contribution in [2.75, 3.05) is 6.54 Å². The number of carbonyl (C=O) groups excluding carboxylic acids is 1. The summed E-state index contributed by atoms with van der Waals surface area (Å²) in [5, 5.41) is 9.02. The summed E-state index contributed by atoms with van der Waals surface area (Å²) in [6, 6.07) is 7.91. The number of nitrogens with zero attached hydrogens (tertiary/aromatic N) is 1. The van der Waals surface area contributed by atoms with Crippen molar-refractivity contribution < 1.29 is 14.7 Å². The van der Waals surface area contributed by atoms with Crippen molar-refractivity contribution in [3.8, 4) is 0 Å². The number of hydrogen-bond acceptors (Lipinski definition) is 2. The minimum absolute atomic E-state index is 0.0494. The van der Waals surface area contributed by atoms with Gasteiger partial charge in [-0.25, -0.2) is 0 Å². The predicted octanol–water partition coefficient (Wildman–Crippen LogP) is 2.43. The third-order valence-corrected chi connectivity index (χ3v) is 4.14. The topological polar surface area (TPSA) is 57.6 Å². The molecule has 1 aromatic rings. The molecule has 0 heterocycles. The number of carboxylic acids is 1. The van der Waals surface area contributed by atoms with Crippen molar-refractivity contribution >= 4 is 11.9 Å². The molecule has 0 bridgehead atoms. The van der Waals surface area contributed by atoms with E-state index in [1.807, 2.05) is 38.1 Å². The Bertz CT molecular complexity index is 512. The number of aliphatic carboxylic acids is 1. The van der Waals surface area contributed by atoms with Crippen LogP contribution in [0.2, 0.25) is 0 Å². The van der Waals surface area contributed by atoms with Crippen LogP contribution in [-0.2, 0) is 16.0 Å². The molecule has 0 aliphatic heterocycles. The van der Waals surface area contributed by atoms with E-state index in [1.54, 1.807) is 0 Å². The fourth-order valence-corrected chi connectivity index (χ4v) is 2.83. The summed E-state index contributed by atoms with van der Waals surface area (Å²) in [6.45, 7) is 3.66. The number of rotatable bonds is 5. The van der Waals surface area contributed by atoms with Gasteiger partial charge in [0.05, 0.1) is 5.92 Å². The Hall–Kier alpha value is -1.84. The molecule has 1 N–H and O–H groups in total. The minimum Gasteiger partial charge on any atom is -0.480 e. The Balaban J connectivity index is 2.22. The molecule has 2 rings (SSSR count). The molecule has 1 aliphatic rings. The van der Waals surface area contributed by atoms with E-state index in [9.17, 15) is 9.59 Å². The lowest BCUT2D eigenvalue weighted by molar-refractivity contribution is -0.146. The highest BCUT2D eigenvalue weighted by Gasteiger charge is 2.33. The van der Waals surface area contributed by atoms with Gasteiger partial charge in [-0.3, -0.25) is 9.59 Å². The molecule has 0 spiro atoms. The van der Waals surface area contributed by atoms with E-state index >= 15 is 0 Å². The smallest absolute Gasteiger partial charge is 0.323 e. The van der Waals surface area contributed by atoms with Crippen LogP contribution >= 0.6 is 0 Å². The Morgan fingerprint density at radius 3 is 2.75 bits per heavy atom. The molecule has 0 radical (unpaired) electrons. The van der Waals surface area contributed by atoms with Crippen LogP contribution in [0.25, 0.3) is 0 Å². The molecule has 0 saturated heterocycles. The number of carbonyl (C=O) groups is 2. The summed E-state index contributed by atoms with van der Waals surface area (Å²) < 4.78 is 0. The van der Waals surface area contributed by atoms with Crippen molar-refractivity contribution in [3.63, 3.8) is 0 Å². The zero-order chi connectivity index (χ0) is 14.7. The molecule has 1 aliphatic carbocycles. The van der Waals surface area contributed by atoms with Crippen LogP contribution in [0, 0.1) is 0 Å². The maximum atomic E-state index is 12.7. The van der Waals surface area contributed by atoms with Gasteiger partial charge in [0.25, 0.3) is 0 Å². The van der Waals surface area contributed by atoms with Crippen molar-refractivity contribution in [2.45, 2.75) is 45.1 Å². The van der Waals surface area contributed by atoms with Gasteiger partial charge >= 0.3 is 5.97 Å². The summed E-state index contributed by atoms with van der Waals surface area (Å²) >= 11 is 0. The van der Waals surface area contributed by atoms with Crippen LogP contribution in [0.3, 0.4) is 0 Å². The van der Waals surface area contributed by atoms with E-state index in [-0.39, 0.29) is 24.4 Å². The van der Waals surface area contributed by atoms with E-state index in [1.165, 1.54) is 10.5 Å². The maximum absolute atomic E-state index is 12.7. The van der Waals surface area contributed by atoms with Gasteiger partial charge in [0.1, 0.15) is 6.54 Å². The summed E-state index contributed by atoms with van der Waals surface area (Å²) in [7, 11) is 0. The van der Waals surface area contributed by atoms with Gasteiger partial charge in [-0.2, -0.15) is 0 Å². The van der Waals surface area contributed by atoms with Gasteiger partial charge in [0, 0.05) is 6.04 Å². The number of aryl methyl sites for hydroxylation is 1. The van der Waals surface area contributed by atoms with E-state index in [2.05, 4.69) is 0 Å². The van der Waals surface area contributed by atoms with E-state index in [0.29, 0.717) is 0 Å². The van der Waals surface area contributed by atoms with Crippen molar-refractivity contribution in [2.24, 2.45) is 0 Å². The fourth-order valence-electron chi connectivity index (χ4n) is 2.83. The summed E-state index contributed by atoms with van der Waals surface area (Å²) in [5.41, 5.74) is 2.28. The van der Waals surface area contributed by atoms with Crippen LogP contribution in [0.5, 0.6) is 0 Å². The second-order valence-electron chi connectivity index (χ2n) is 5.41. The summed E-state index contributed by atoms with van der Waals surface area (Å²) in [5.74, 6) is -1.18. The molecule has 0 aromatic heterocycles. The SMILES string of the molecule is CCC(C)N(CC(=O)O)C(=O)C1CCc2ccccc21. The molecule has 0 saturated carbocycles. The average molecular weight is 275 g/mol. The largest absolute Gasteiger partial charge is 0.480 e. The van der Waals surface area contributed by atoms with Gasteiger partial charge in [-0.15, -0.1) is 0 Å². The Labute approximate surface area is 119 Å². The molecule has 1 aromatic carbocycles. The highest BCUT2D eigenvalue weighted by molar-refractivity contribution is 5.88. The first-order valence-electron chi connectivity index (χ1n) is 7.14. The van der Waals surface area contributed by atoms with Crippen molar-refractivity contribution in [3.05, 3.63) is 35.4 Å². The van der Waals surface area contributed by atoms with E-state index < -0.39 is 5.97 Å². The second kappa shape index (κ2) is 6.07. The second-order valence-corrected chi connectivity index (χ2v) is 5.41. The van der Waals surface area contributed by atoms with Gasteiger partial charge < -0.3 is 10.0 Å². The third-order valence-electron chi connectivity index (χ3n) is 4.14. The van der Waals surface area contributed by atoms with Crippen molar-refractivity contribution in [1.29, 1.82) is 0 Å². The zero-order valence-corrected chi connectivity index (χ0v) is 12.0. The molecule has 108 valence electrons. The number of amides is 1. The molecule has 2 atom stereocenters. The first-order chi connectivity index (χ1) is 9.54. The van der Waals surface area contributed by atoms with Gasteiger partial charge in [0.15, 0.2) is 0 Å². The minimum atomic E-state index is -0.954. The van der Waals surface area contributed by atoms with Crippen LogP contribution in [0.4, 0.5) is 0 Å². The highest BCUT2D eigenvalue weighted by atomic mass is 16.4. The number of benzene rings is 1. The third kappa shape index (κ3) is 2.84. The molecule has 4 heteroatoms. The number of hydrogen-bond donors (Lipinski definition) is 1.